The number of nitrogens with zero attached hydrogens (tertiary/aromatic N) is 4. The Morgan fingerprint density at radius 3 is 1.55 bits per heavy atom. The second kappa shape index (κ2) is 13.4. The molecule has 0 aliphatic heterocycles. The quantitative estimate of drug-likeness (QED) is 0.166. The standard InChI is InChI=1S/C59H34N4O/c1-2-15-35(16-3-1)57-60-58(62-59(61-57)49-31-40-21-8-9-22-41(40)42-23-10-11-24-43(42)49)46-27-14-28-54-55(46)50-34-53(44-25-12-13-26-45(44)56(50)64-54)63-51-32-38-19-6-4-17-36(38)29-47(51)48-30-37-18-5-7-20-39(37)33-52(48)63/h1-34H. The van der Waals surface area contributed by atoms with Gasteiger partial charge in [0.2, 0.25) is 0 Å². The van der Waals surface area contributed by atoms with Gasteiger partial charge in [0.25, 0.3) is 0 Å². The lowest BCUT2D eigenvalue weighted by Gasteiger charge is -2.14. The van der Waals surface area contributed by atoms with Crippen LogP contribution in [0.2, 0.25) is 0 Å². The summed E-state index contributed by atoms with van der Waals surface area (Å²) in [6.45, 7) is 0. The Balaban J connectivity index is 1.09. The van der Waals surface area contributed by atoms with E-state index in [0.717, 1.165) is 82.3 Å². The molecule has 296 valence electrons. The predicted molar refractivity (Wildman–Crippen MR) is 265 cm³/mol. The third-order valence-corrected chi connectivity index (χ3v) is 13.1. The molecule has 3 aromatic heterocycles. The smallest absolute Gasteiger partial charge is 0.164 e. The highest BCUT2D eigenvalue weighted by Gasteiger charge is 2.23. The van der Waals surface area contributed by atoms with Crippen LogP contribution < -0.4 is 0 Å². The van der Waals surface area contributed by atoms with E-state index in [1.54, 1.807) is 0 Å². The molecule has 11 aromatic carbocycles. The zero-order valence-electron chi connectivity index (χ0n) is 34.3. The van der Waals surface area contributed by atoms with Crippen LogP contribution in [0.5, 0.6) is 0 Å². The van der Waals surface area contributed by atoms with Gasteiger partial charge in [-0.2, -0.15) is 0 Å². The van der Waals surface area contributed by atoms with Crippen molar-refractivity contribution in [2.24, 2.45) is 0 Å². The van der Waals surface area contributed by atoms with Crippen LogP contribution in [0.3, 0.4) is 0 Å². The van der Waals surface area contributed by atoms with Gasteiger partial charge in [0, 0.05) is 49.0 Å². The normalized spacial score (nSPS) is 12.1. The zero-order chi connectivity index (χ0) is 41.9. The van der Waals surface area contributed by atoms with E-state index in [9.17, 15) is 0 Å². The largest absolute Gasteiger partial charge is 0.455 e. The molecule has 0 unspecified atom stereocenters. The molecule has 0 saturated carbocycles. The summed E-state index contributed by atoms with van der Waals surface area (Å²) in [7, 11) is 0. The Morgan fingerprint density at radius 1 is 0.328 bits per heavy atom. The summed E-state index contributed by atoms with van der Waals surface area (Å²) in [5, 5.41) is 15.9. The molecular formula is C59H34N4O. The number of aromatic nitrogens is 4. The van der Waals surface area contributed by atoms with Crippen molar-refractivity contribution in [3.8, 4) is 39.9 Å². The molecule has 0 radical (unpaired) electrons. The molecule has 0 saturated heterocycles. The average Bonchev–Trinajstić information content (AvgIpc) is 3.89. The summed E-state index contributed by atoms with van der Waals surface area (Å²) in [5.41, 5.74) is 7.74. The summed E-state index contributed by atoms with van der Waals surface area (Å²) in [5.74, 6) is 1.81. The van der Waals surface area contributed by atoms with Crippen molar-refractivity contribution in [3.63, 3.8) is 0 Å². The highest BCUT2D eigenvalue weighted by Crippen LogP contribution is 2.45. The zero-order valence-corrected chi connectivity index (χ0v) is 34.3. The molecule has 0 aliphatic rings. The molecule has 3 heterocycles. The average molecular weight is 815 g/mol. The van der Waals surface area contributed by atoms with E-state index < -0.39 is 0 Å². The van der Waals surface area contributed by atoms with Crippen LogP contribution in [0.15, 0.2) is 211 Å². The maximum atomic E-state index is 6.95. The van der Waals surface area contributed by atoms with E-state index in [2.05, 4.69) is 187 Å². The van der Waals surface area contributed by atoms with E-state index in [-0.39, 0.29) is 0 Å². The van der Waals surface area contributed by atoms with Gasteiger partial charge >= 0.3 is 0 Å². The van der Waals surface area contributed by atoms with Gasteiger partial charge in [0.15, 0.2) is 17.5 Å². The number of rotatable bonds is 4. The highest BCUT2D eigenvalue weighted by molar-refractivity contribution is 6.23. The van der Waals surface area contributed by atoms with Crippen LogP contribution in [0.4, 0.5) is 0 Å². The molecule has 14 rings (SSSR count). The first-order valence-electron chi connectivity index (χ1n) is 21.7. The molecule has 0 aliphatic carbocycles. The van der Waals surface area contributed by atoms with Gasteiger partial charge in [-0.1, -0.05) is 164 Å². The van der Waals surface area contributed by atoms with Crippen molar-refractivity contribution in [2.45, 2.75) is 0 Å². The molecule has 5 heteroatoms. The lowest BCUT2D eigenvalue weighted by molar-refractivity contribution is 0.672. The van der Waals surface area contributed by atoms with Gasteiger partial charge in [0.05, 0.1) is 16.7 Å². The minimum atomic E-state index is 0.582. The van der Waals surface area contributed by atoms with E-state index in [0.29, 0.717) is 17.5 Å². The summed E-state index contributed by atoms with van der Waals surface area (Å²) in [6, 6.07) is 73.4. The van der Waals surface area contributed by atoms with Crippen molar-refractivity contribution in [2.75, 3.05) is 0 Å². The molecule has 0 atom stereocenters. The van der Waals surface area contributed by atoms with Crippen molar-refractivity contribution >= 4 is 97.6 Å². The molecule has 5 nitrogen and oxygen atoms in total. The summed E-state index contributed by atoms with van der Waals surface area (Å²) in [4.78, 5) is 15.9. The summed E-state index contributed by atoms with van der Waals surface area (Å²) in [6.07, 6.45) is 0. The van der Waals surface area contributed by atoms with Gasteiger partial charge in [-0.3, -0.25) is 0 Å². The first-order valence-corrected chi connectivity index (χ1v) is 21.7. The van der Waals surface area contributed by atoms with E-state index in [1.807, 2.05) is 24.3 Å². The Hall–Kier alpha value is -8.67. The fourth-order valence-corrected chi connectivity index (χ4v) is 10.2. The topological polar surface area (TPSA) is 56.7 Å². The van der Waals surface area contributed by atoms with Crippen molar-refractivity contribution in [1.29, 1.82) is 0 Å². The molecule has 0 bridgehead atoms. The van der Waals surface area contributed by atoms with Crippen LogP contribution in [0.1, 0.15) is 0 Å². The Morgan fingerprint density at radius 2 is 0.859 bits per heavy atom. The first-order chi connectivity index (χ1) is 31.7. The molecule has 0 fully saturated rings. The molecule has 14 aromatic rings. The fraction of sp³-hybridized carbons (Fsp3) is 0. The van der Waals surface area contributed by atoms with E-state index >= 15 is 0 Å². The first kappa shape index (κ1) is 35.0. The number of hydrogen-bond acceptors (Lipinski definition) is 4. The van der Waals surface area contributed by atoms with Gasteiger partial charge < -0.3 is 8.98 Å². The highest BCUT2D eigenvalue weighted by atomic mass is 16.3. The van der Waals surface area contributed by atoms with Gasteiger partial charge in [0.1, 0.15) is 11.2 Å². The number of furan rings is 1. The Bertz CT molecular complexity index is 4170. The second-order valence-corrected chi connectivity index (χ2v) is 16.7. The van der Waals surface area contributed by atoms with Crippen LogP contribution in [-0.4, -0.2) is 19.5 Å². The van der Waals surface area contributed by atoms with Crippen LogP contribution in [-0.2, 0) is 0 Å². The molecule has 0 amide bonds. The number of benzene rings is 11. The molecular weight excluding hydrogens is 781 g/mol. The third-order valence-electron chi connectivity index (χ3n) is 13.1. The predicted octanol–water partition coefficient (Wildman–Crippen LogP) is 15.6. The van der Waals surface area contributed by atoms with Crippen LogP contribution in [0.25, 0.3) is 137 Å². The van der Waals surface area contributed by atoms with Crippen LogP contribution >= 0.6 is 0 Å². The summed E-state index contributed by atoms with van der Waals surface area (Å²) < 4.78 is 9.41. The monoisotopic (exact) mass is 814 g/mol. The van der Waals surface area contributed by atoms with Crippen molar-refractivity contribution < 1.29 is 4.42 Å². The SMILES string of the molecule is c1ccc(-c2nc(-c3cc4ccccc4c4ccccc34)nc(-c3cccc4oc5c6ccccc6c(-n6c7cc8ccccc8cc7c7cc8ccccc8cc76)cc5c34)n2)cc1. The van der Waals surface area contributed by atoms with Gasteiger partial charge in [-0.05, 0) is 85.6 Å². The lowest BCUT2D eigenvalue weighted by Crippen LogP contribution is -2.01. The maximum absolute atomic E-state index is 6.95. The molecule has 64 heavy (non-hydrogen) atoms. The number of hydrogen-bond donors (Lipinski definition) is 0. The minimum Gasteiger partial charge on any atom is -0.455 e. The Kier molecular flexibility index (Phi) is 7.33. The Labute approximate surface area is 366 Å². The summed E-state index contributed by atoms with van der Waals surface area (Å²) >= 11 is 0. The fourth-order valence-electron chi connectivity index (χ4n) is 10.2. The maximum Gasteiger partial charge on any atom is 0.164 e. The van der Waals surface area contributed by atoms with Gasteiger partial charge in [-0.15, -0.1) is 0 Å². The third kappa shape index (κ3) is 5.15. The van der Waals surface area contributed by atoms with Crippen molar-refractivity contribution in [3.05, 3.63) is 206 Å². The number of fused-ring (bicyclic) bond motifs is 13. The van der Waals surface area contributed by atoms with Crippen molar-refractivity contribution in [1.82, 2.24) is 19.5 Å². The van der Waals surface area contributed by atoms with Crippen LogP contribution in [0, 0.1) is 0 Å². The van der Waals surface area contributed by atoms with E-state index in [1.165, 1.54) is 37.7 Å². The van der Waals surface area contributed by atoms with E-state index in [4.69, 9.17) is 19.4 Å². The minimum absolute atomic E-state index is 0.582. The molecule has 0 spiro atoms. The van der Waals surface area contributed by atoms with Gasteiger partial charge in [-0.25, -0.2) is 15.0 Å². The molecule has 0 N–H and O–H groups in total. The second-order valence-electron chi connectivity index (χ2n) is 16.7. The lowest BCUT2D eigenvalue weighted by atomic mass is 9.96.